The Morgan fingerprint density at radius 2 is 1.78 bits per heavy atom. The molecule has 2 aromatic heterocycles. The lowest BCUT2D eigenvalue weighted by Crippen LogP contribution is -2.29. The van der Waals surface area contributed by atoms with Gasteiger partial charge < -0.3 is 14.8 Å². The standard InChI is InChI=1S/C26H29ClN4S/c1-17-16-22(18(2)30(17)20-8-4-3-5-9-20)25-24(23-10-6-7-15-28-23)29-26(32)31(25)21-13-11-19(27)12-14-21/h6-7,10-16,20,24-25H,3-5,8-9H2,1-2H3,(H,29,32)/t24-,25+/m0/s1. The van der Waals surface area contributed by atoms with Crippen LogP contribution in [0.5, 0.6) is 0 Å². The molecule has 6 heteroatoms. The van der Waals surface area contributed by atoms with Gasteiger partial charge in [-0.15, -0.1) is 0 Å². The van der Waals surface area contributed by atoms with Crippen LogP contribution in [0.15, 0.2) is 54.7 Å². The van der Waals surface area contributed by atoms with Crippen LogP contribution in [0.3, 0.4) is 0 Å². The Balaban J connectivity index is 1.62. The van der Waals surface area contributed by atoms with Crippen molar-refractivity contribution >= 4 is 34.6 Å². The zero-order chi connectivity index (χ0) is 22.2. The average Bonchev–Trinajstić information content (AvgIpc) is 3.31. The van der Waals surface area contributed by atoms with Crippen molar-refractivity contribution in [2.24, 2.45) is 0 Å². The molecule has 0 amide bonds. The summed E-state index contributed by atoms with van der Waals surface area (Å²) >= 11 is 12.1. The molecule has 2 fully saturated rings. The van der Waals surface area contributed by atoms with Gasteiger partial charge >= 0.3 is 0 Å². The maximum Gasteiger partial charge on any atom is 0.174 e. The maximum atomic E-state index is 6.19. The van der Waals surface area contributed by atoms with E-state index in [0.717, 1.165) is 21.5 Å². The lowest BCUT2D eigenvalue weighted by atomic mass is 9.94. The van der Waals surface area contributed by atoms with Gasteiger partial charge in [0.05, 0.1) is 17.8 Å². The summed E-state index contributed by atoms with van der Waals surface area (Å²) in [6, 6.07) is 17.0. The molecule has 1 saturated carbocycles. The minimum Gasteiger partial charge on any atom is -0.351 e. The molecule has 1 N–H and O–H groups in total. The van der Waals surface area contributed by atoms with Gasteiger partial charge in [-0.2, -0.15) is 0 Å². The zero-order valence-electron chi connectivity index (χ0n) is 18.6. The second-order valence-corrected chi connectivity index (χ2v) is 9.78. The summed E-state index contributed by atoms with van der Waals surface area (Å²) in [5, 5.41) is 5.01. The van der Waals surface area contributed by atoms with Gasteiger partial charge in [0, 0.05) is 34.3 Å². The monoisotopic (exact) mass is 464 g/mol. The Kier molecular flexibility index (Phi) is 5.95. The molecule has 1 aliphatic carbocycles. The first kappa shape index (κ1) is 21.5. The van der Waals surface area contributed by atoms with Gasteiger partial charge in [-0.25, -0.2) is 0 Å². The van der Waals surface area contributed by atoms with Crippen LogP contribution in [0.25, 0.3) is 0 Å². The first-order valence-corrected chi connectivity index (χ1v) is 12.3. The number of aromatic nitrogens is 2. The molecule has 0 spiro atoms. The van der Waals surface area contributed by atoms with E-state index in [4.69, 9.17) is 23.8 Å². The molecule has 2 atom stereocenters. The Hall–Kier alpha value is -2.37. The average molecular weight is 465 g/mol. The number of anilines is 1. The number of benzene rings is 1. The third-order valence-electron chi connectivity index (χ3n) is 6.98. The van der Waals surface area contributed by atoms with Crippen molar-refractivity contribution in [3.05, 3.63) is 82.4 Å². The van der Waals surface area contributed by atoms with Gasteiger partial charge in [-0.3, -0.25) is 4.98 Å². The summed E-state index contributed by atoms with van der Waals surface area (Å²) in [5.41, 5.74) is 6.02. The molecule has 166 valence electrons. The van der Waals surface area contributed by atoms with Gasteiger partial charge in [0.25, 0.3) is 0 Å². The van der Waals surface area contributed by atoms with Crippen LogP contribution in [0.2, 0.25) is 5.02 Å². The lowest BCUT2D eigenvalue weighted by Gasteiger charge is -2.30. The third-order valence-corrected chi connectivity index (χ3v) is 7.55. The van der Waals surface area contributed by atoms with E-state index in [9.17, 15) is 0 Å². The van der Waals surface area contributed by atoms with Gasteiger partial charge in [0.15, 0.2) is 5.11 Å². The SMILES string of the molecule is Cc1cc([C@@H]2[C@H](c3ccccn3)NC(=S)N2c2ccc(Cl)cc2)c(C)n1C1CCCCC1. The molecule has 3 heterocycles. The van der Waals surface area contributed by atoms with E-state index < -0.39 is 0 Å². The molecule has 1 aliphatic heterocycles. The molecular formula is C26H29ClN4S. The zero-order valence-corrected chi connectivity index (χ0v) is 20.2. The molecule has 0 unspecified atom stereocenters. The molecule has 1 aromatic carbocycles. The van der Waals surface area contributed by atoms with E-state index >= 15 is 0 Å². The topological polar surface area (TPSA) is 33.1 Å². The van der Waals surface area contributed by atoms with Gasteiger partial charge in [0.1, 0.15) is 0 Å². The largest absolute Gasteiger partial charge is 0.351 e. The molecule has 5 rings (SSSR count). The first-order chi connectivity index (χ1) is 15.5. The predicted molar refractivity (Wildman–Crippen MR) is 135 cm³/mol. The summed E-state index contributed by atoms with van der Waals surface area (Å²) in [6.07, 6.45) is 8.38. The lowest BCUT2D eigenvalue weighted by molar-refractivity contribution is 0.345. The van der Waals surface area contributed by atoms with Crippen LogP contribution >= 0.6 is 23.8 Å². The Labute approximate surface area is 200 Å². The highest BCUT2D eigenvalue weighted by molar-refractivity contribution is 7.80. The van der Waals surface area contributed by atoms with Gasteiger partial charge in [-0.1, -0.05) is 36.9 Å². The Morgan fingerprint density at radius 3 is 2.47 bits per heavy atom. The number of nitrogens with one attached hydrogen (secondary N) is 1. The van der Waals surface area contributed by atoms with Crippen molar-refractivity contribution in [3.63, 3.8) is 0 Å². The highest BCUT2D eigenvalue weighted by Crippen LogP contribution is 2.44. The highest BCUT2D eigenvalue weighted by Gasteiger charge is 2.42. The van der Waals surface area contributed by atoms with Crippen molar-refractivity contribution in [2.45, 2.75) is 64.1 Å². The van der Waals surface area contributed by atoms with E-state index in [1.54, 1.807) is 0 Å². The van der Waals surface area contributed by atoms with Crippen LogP contribution < -0.4 is 10.2 Å². The Morgan fingerprint density at radius 1 is 1.03 bits per heavy atom. The summed E-state index contributed by atoms with van der Waals surface area (Å²) < 4.78 is 2.57. The fourth-order valence-electron chi connectivity index (χ4n) is 5.55. The molecule has 3 aromatic rings. The number of halogens is 1. The van der Waals surface area contributed by atoms with E-state index in [0.29, 0.717) is 6.04 Å². The van der Waals surface area contributed by atoms with Crippen LogP contribution in [-0.4, -0.2) is 14.7 Å². The van der Waals surface area contributed by atoms with Crippen molar-refractivity contribution in [3.8, 4) is 0 Å². The van der Waals surface area contributed by atoms with E-state index in [-0.39, 0.29) is 12.1 Å². The van der Waals surface area contributed by atoms with Crippen molar-refractivity contribution in [1.29, 1.82) is 0 Å². The summed E-state index contributed by atoms with van der Waals surface area (Å²) in [5.74, 6) is 0. The number of hydrogen-bond acceptors (Lipinski definition) is 2. The minimum atomic E-state index is -0.0281. The number of pyridine rings is 1. The molecule has 4 nitrogen and oxygen atoms in total. The van der Waals surface area contributed by atoms with Crippen LogP contribution in [0, 0.1) is 13.8 Å². The summed E-state index contributed by atoms with van der Waals surface area (Å²) in [6.45, 7) is 4.52. The quantitative estimate of drug-likeness (QED) is 0.428. The maximum absolute atomic E-state index is 6.19. The summed E-state index contributed by atoms with van der Waals surface area (Å²) in [4.78, 5) is 6.92. The van der Waals surface area contributed by atoms with E-state index in [2.05, 4.69) is 45.7 Å². The Bertz CT molecular complexity index is 1100. The number of rotatable bonds is 4. The predicted octanol–water partition coefficient (Wildman–Crippen LogP) is 6.84. The minimum absolute atomic E-state index is 0.0158. The van der Waals surface area contributed by atoms with E-state index in [1.807, 2.05) is 42.6 Å². The van der Waals surface area contributed by atoms with Crippen LogP contribution in [0.1, 0.15) is 72.9 Å². The molecule has 0 radical (unpaired) electrons. The fourth-order valence-corrected chi connectivity index (χ4v) is 6.03. The second-order valence-electron chi connectivity index (χ2n) is 8.96. The fraction of sp³-hybridized carbons (Fsp3) is 0.385. The van der Waals surface area contributed by atoms with Crippen molar-refractivity contribution < 1.29 is 0 Å². The van der Waals surface area contributed by atoms with Gasteiger partial charge in [0.2, 0.25) is 0 Å². The second kappa shape index (κ2) is 8.87. The summed E-state index contributed by atoms with van der Waals surface area (Å²) in [7, 11) is 0. The normalized spacial score (nSPS) is 21.7. The van der Waals surface area contributed by atoms with E-state index in [1.165, 1.54) is 49.1 Å². The smallest absolute Gasteiger partial charge is 0.174 e. The highest BCUT2D eigenvalue weighted by atomic mass is 35.5. The van der Waals surface area contributed by atoms with Crippen LogP contribution in [0.4, 0.5) is 5.69 Å². The van der Waals surface area contributed by atoms with Crippen molar-refractivity contribution in [1.82, 2.24) is 14.9 Å². The molecule has 32 heavy (non-hydrogen) atoms. The first-order valence-electron chi connectivity index (χ1n) is 11.5. The van der Waals surface area contributed by atoms with Gasteiger partial charge in [-0.05, 0) is 86.9 Å². The number of aryl methyl sites for hydroxylation is 1. The third kappa shape index (κ3) is 3.82. The molecule has 0 bridgehead atoms. The van der Waals surface area contributed by atoms with Crippen LogP contribution in [-0.2, 0) is 0 Å². The molecule has 2 aliphatic rings. The van der Waals surface area contributed by atoms with Crippen molar-refractivity contribution in [2.75, 3.05) is 4.90 Å². The number of hydrogen-bond donors (Lipinski definition) is 1. The molecular weight excluding hydrogens is 436 g/mol. The number of thiocarbonyl (C=S) groups is 1. The molecule has 1 saturated heterocycles. The number of nitrogens with zero attached hydrogens (tertiary/aromatic N) is 3.